The lowest BCUT2D eigenvalue weighted by Gasteiger charge is -2.14. The topological polar surface area (TPSA) is 56.0 Å². The number of anilines is 1. The maximum atomic E-state index is 13.5. The van der Waals surface area contributed by atoms with Crippen LogP contribution in [-0.4, -0.2) is 11.7 Å². The summed E-state index contributed by atoms with van der Waals surface area (Å²) in [5.41, 5.74) is 1.13. The van der Waals surface area contributed by atoms with Gasteiger partial charge in [0.15, 0.2) is 0 Å². The molecule has 0 aliphatic heterocycles. The summed E-state index contributed by atoms with van der Waals surface area (Å²) in [5, 5.41) is 22.3. The molecule has 0 bridgehead atoms. The number of hydrogen-bond acceptors (Lipinski definition) is 3. The van der Waals surface area contributed by atoms with Crippen molar-refractivity contribution in [3.8, 4) is 6.07 Å². The third kappa shape index (κ3) is 3.27. The lowest BCUT2D eigenvalue weighted by atomic mass is 10.1. The van der Waals surface area contributed by atoms with Gasteiger partial charge in [-0.15, -0.1) is 0 Å². The van der Waals surface area contributed by atoms with Crippen molar-refractivity contribution in [2.75, 3.05) is 11.9 Å². The number of nitriles is 1. The van der Waals surface area contributed by atoms with Gasteiger partial charge in [0.25, 0.3) is 0 Å². The molecule has 0 radical (unpaired) electrons. The summed E-state index contributed by atoms with van der Waals surface area (Å²) in [4.78, 5) is 0. The molecule has 0 aromatic heterocycles. The number of aliphatic hydroxyl groups excluding tert-OH is 1. The number of rotatable bonds is 4. The predicted molar refractivity (Wildman–Crippen MR) is 76.0 cm³/mol. The molecule has 20 heavy (non-hydrogen) atoms. The van der Waals surface area contributed by atoms with E-state index in [9.17, 15) is 9.50 Å². The van der Waals surface area contributed by atoms with E-state index in [1.165, 1.54) is 12.1 Å². The van der Waals surface area contributed by atoms with E-state index < -0.39 is 11.9 Å². The molecular formula is C15H12ClFN2O. The SMILES string of the molecule is N#Cc1ccc(Cl)cc1NCC(O)c1ccccc1F. The van der Waals surface area contributed by atoms with Crippen LogP contribution in [0.1, 0.15) is 17.2 Å². The number of benzene rings is 2. The minimum atomic E-state index is -1.01. The molecule has 2 aromatic rings. The predicted octanol–water partition coefficient (Wildman–Crippen LogP) is 3.50. The fraction of sp³-hybridized carbons (Fsp3) is 0.133. The van der Waals surface area contributed by atoms with Crippen LogP contribution in [0.25, 0.3) is 0 Å². The van der Waals surface area contributed by atoms with E-state index in [1.54, 1.807) is 30.3 Å². The van der Waals surface area contributed by atoms with Crippen LogP contribution in [-0.2, 0) is 0 Å². The Labute approximate surface area is 121 Å². The second-order valence-electron chi connectivity index (χ2n) is 4.22. The van der Waals surface area contributed by atoms with Crippen LogP contribution in [0.5, 0.6) is 0 Å². The zero-order valence-electron chi connectivity index (χ0n) is 10.5. The molecule has 0 aliphatic rings. The Kier molecular flexibility index (Phi) is 4.57. The number of aliphatic hydroxyl groups is 1. The van der Waals surface area contributed by atoms with Crippen LogP contribution in [0.2, 0.25) is 5.02 Å². The third-order valence-corrected chi connectivity index (χ3v) is 3.09. The van der Waals surface area contributed by atoms with Gasteiger partial charge in [-0.1, -0.05) is 29.8 Å². The molecule has 5 heteroatoms. The van der Waals surface area contributed by atoms with Gasteiger partial charge in [0, 0.05) is 17.1 Å². The van der Waals surface area contributed by atoms with E-state index in [1.807, 2.05) is 6.07 Å². The molecule has 0 amide bonds. The fourth-order valence-electron chi connectivity index (χ4n) is 1.82. The summed E-state index contributed by atoms with van der Waals surface area (Å²) in [6.07, 6.45) is -1.01. The Hall–Kier alpha value is -2.09. The smallest absolute Gasteiger partial charge is 0.129 e. The number of nitrogens with one attached hydrogen (secondary N) is 1. The first-order valence-corrected chi connectivity index (χ1v) is 6.35. The first kappa shape index (κ1) is 14.3. The second kappa shape index (κ2) is 6.38. The molecule has 2 N–H and O–H groups in total. The van der Waals surface area contributed by atoms with E-state index >= 15 is 0 Å². The highest BCUT2D eigenvalue weighted by molar-refractivity contribution is 6.30. The van der Waals surface area contributed by atoms with Gasteiger partial charge in [0.1, 0.15) is 11.9 Å². The summed E-state index contributed by atoms with van der Waals surface area (Å²) in [5.74, 6) is -0.464. The molecule has 1 unspecified atom stereocenters. The van der Waals surface area contributed by atoms with Crippen molar-refractivity contribution < 1.29 is 9.50 Å². The van der Waals surface area contributed by atoms with Gasteiger partial charge < -0.3 is 10.4 Å². The van der Waals surface area contributed by atoms with Gasteiger partial charge in [0.05, 0.1) is 17.4 Å². The van der Waals surface area contributed by atoms with Crippen LogP contribution < -0.4 is 5.32 Å². The Balaban J connectivity index is 2.11. The number of nitrogens with zero attached hydrogens (tertiary/aromatic N) is 1. The Morgan fingerprint density at radius 3 is 2.75 bits per heavy atom. The molecule has 3 nitrogen and oxygen atoms in total. The molecule has 1 atom stereocenters. The fourth-order valence-corrected chi connectivity index (χ4v) is 1.99. The average Bonchev–Trinajstić information content (AvgIpc) is 2.45. The summed E-state index contributed by atoms with van der Waals surface area (Å²) in [7, 11) is 0. The van der Waals surface area contributed by atoms with Gasteiger partial charge in [-0.2, -0.15) is 5.26 Å². The van der Waals surface area contributed by atoms with Crippen molar-refractivity contribution in [1.82, 2.24) is 0 Å². The number of halogens is 2. The normalized spacial score (nSPS) is 11.7. The van der Waals surface area contributed by atoms with Crippen LogP contribution >= 0.6 is 11.6 Å². The van der Waals surface area contributed by atoms with Gasteiger partial charge >= 0.3 is 0 Å². The highest BCUT2D eigenvalue weighted by atomic mass is 35.5. The largest absolute Gasteiger partial charge is 0.386 e. The first-order chi connectivity index (χ1) is 9.61. The van der Waals surface area contributed by atoms with Crippen molar-refractivity contribution in [2.45, 2.75) is 6.10 Å². The van der Waals surface area contributed by atoms with Crippen LogP contribution in [0.3, 0.4) is 0 Å². The molecule has 0 aliphatic carbocycles. The van der Waals surface area contributed by atoms with Crippen molar-refractivity contribution >= 4 is 17.3 Å². The van der Waals surface area contributed by atoms with Gasteiger partial charge in [0.2, 0.25) is 0 Å². The average molecular weight is 291 g/mol. The standard InChI is InChI=1S/C15H12ClFN2O/c16-11-6-5-10(8-18)14(7-11)19-9-15(20)12-3-1-2-4-13(12)17/h1-7,15,19-20H,9H2. The lowest BCUT2D eigenvalue weighted by Crippen LogP contribution is -2.14. The molecule has 102 valence electrons. The molecule has 0 fully saturated rings. The zero-order chi connectivity index (χ0) is 14.5. The molecule has 0 spiro atoms. The highest BCUT2D eigenvalue weighted by Crippen LogP contribution is 2.22. The first-order valence-electron chi connectivity index (χ1n) is 5.98. The van der Waals surface area contributed by atoms with Crippen molar-refractivity contribution in [3.05, 3.63) is 64.4 Å². The minimum absolute atomic E-state index is 0.0793. The maximum Gasteiger partial charge on any atom is 0.129 e. The van der Waals surface area contributed by atoms with E-state index in [-0.39, 0.29) is 12.1 Å². The van der Waals surface area contributed by atoms with Crippen LogP contribution in [0.15, 0.2) is 42.5 Å². The molecule has 0 saturated carbocycles. The molecule has 0 heterocycles. The quantitative estimate of drug-likeness (QED) is 0.906. The molecule has 2 aromatic carbocycles. The highest BCUT2D eigenvalue weighted by Gasteiger charge is 2.12. The van der Waals surface area contributed by atoms with Crippen LogP contribution in [0, 0.1) is 17.1 Å². The van der Waals surface area contributed by atoms with E-state index in [4.69, 9.17) is 16.9 Å². The summed E-state index contributed by atoms with van der Waals surface area (Å²) < 4.78 is 13.5. The van der Waals surface area contributed by atoms with Crippen molar-refractivity contribution in [1.29, 1.82) is 5.26 Å². The summed E-state index contributed by atoms with van der Waals surface area (Å²) in [6.45, 7) is 0.0793. The maximum absolute atomic E-state index is 13.5. The monoisotopic (exact) mass is 290 g/mol. The Morgan fingerprint density at radius 2 is 2.05 bits per heavy atom. The van der Waals surface area contributed by atoms with E-state index in [2.05, 4.69) is 5.32 Å². The van der Waals surface area contributed by atoms with E-state index in [0.717, 1.165) is 0 Å². The van der Waals surface area contributed by atoms with Crippen molar-refractivity contribution in [3.63, 3.8) is 0 Å². The summed E-state index contributed by atoms with van der Waals surface area (Å²) >= 11 is 5.86. The number of hydrogen-bond donors (Lipinski definition) is 2. The second-order valence-corrected chi connectivity index (χ2v) is 4.66. The Bertz CT molecular complexity index is 655. The van der Waals surface area contributed by atoms with Gasteiger partial charge in [-0.25, -0.2) is 4.39 Å². The van der Waals surface area contributed by atoms with Gasteiger partial charge in [-0.3, -0.25) is 0 Å². The van der Waals surface area contributed by atoms with E-state index in [0.29, 0.717) is 16.3 Å². The summed E-state index contributed by atoms with van der Waals surface area (Å²) in [6, 6.07) is 12.8. The molecule has 0 saturated heterocycles. The molecular weight excluding hydrogens is 279 g/mol. The molecule has 2 rings (SSSR count). The lowest BCUT2D eigenvalue weighted by molar-refractivity contribution is 0.186. The third-order valence-electron chi connectivity index (χ3n) is 2.85. The Morgan fingerprint density at radius 1 is 1.30 bits per heavy atom. The van der Waals surface area contributed by atoms with Crippen LogP contribution in [0.4, 0.5) is 10.1 Å². The van der Waals surface area contributed by atoms with Gasteiger partial charge in [-0.05, 0) is 24.3 Å². The van der Waals surface area contributed by atoms with Crippen molar-refractivity contribution in [2.24, 2.45) is 0 Å². The minimum Gasteiger partial charge on any atom is -0.386 e. The zero-order valence-corrected chi connectivity index (χ0v) is 11.2.